The second-order valence-corrected chi connectivity index (χ2v) is 11.1. The van der Waals surface area contributed by atoms with Crippen molar-refractivity contribution in [2.75, 3.05) is 39.3 Å². The van der Waals surface area contributed by atoms with E-state index in [9.17, 15) is 4.79 Å². The zero-order valence-corrected chi connectivity index (χ0v) is 13.5. The van der Waals surface area contributed by atoms with Crippen LogP contribution in [0.2, 0.25) is 19.6 Å². The van der Waals surface area contributed by atoms with Gasteiger partial charge in [-0.25, -0.2) is 0 Å². The number of nitrogens with zero attached hydrogens (tertiary/aromatic N) is 2. The standard InChI is InChI=1S/C13H28N2O2Si/c1-6-17-13(16)12(2)11-14-7-9-15(10-8-14)18(3,4)5/h12H,6-11H2,1-5H3. The second-order valence-electron chi connectivity index (χ2n) is 6.11. The Kier molecular flexibility index (Phi) is 5.81. The molecule has 0 aliphatic carbocycles. The van der Waals surface area contributed by atoms with E-state index in [1.807, 2.05) is 13.8 Å². The smallest absolute Gasteiger partial charge is 0.309 e. The SMILES string of the molecule is CCOC(=O)C(C)CN1CCN([Si](C)(C)C)CC1. The first-order valence-corrected chi connectivity index (χ1v) is 10.4. The van der Waals surface area contributed by atoms with Crippen LogP contribution in [0.4, 0.5) is 0 Å². The number of hydrogen-bond acceptors (Lipinski definition) is 4. The maximum Gasteiger partial charge on any atom is 0.309 e. The number of piperazine rings is 1. The minimum atomic E-state index is -1.15. The molecule has 1 saturated heterocycles. The quantitative estimate of drug-likeness (QED) is 0.563. The van der Waals surface area contributed by atoms with Gasteiger partial charge in [0.1, 0.15) is 8.24 Å². The zero-order chi connectivity index (χ0) is 13.8. The van der Waals surface area contributed by atoms with Gasteiger partial charge >= 0.3 is 5.97 Å². The molecule has 106 valence electrons. The van der Waals surface area contributed by atoms with Crippen LogP contribution in [0.1, 0.15) is 13.8 Å². The zero-order valence-electron chi connectivity index (χ0n) is 12.5. The fourth-order valence-corrected chi connectivity index (χ4v) is 3.89. The summed E-state index contributed by atoms with van der Waals surface area (Å²) in [5, 5.41) is 0. The first kappa shape index (κ1) is 15.7. The summed E-state index contributed by atoms with van der Waals surface area (Å²) < 4.78 is 7.69. The molecular formula is C13H28N2O2Si. The molecule has 1 atom stereocenters. The van der Waals surface area contributed by atoms with Crippen LogP contribution in [0.5, 0.6) is 0 Å². The lowest BCUT2D eigenvalue weighted by Gasteiger charge is -2.41. The summed E-state index contributed by atoms with van der Waals surface area (Å²) in [6, 6.07) is 0. The van der Waals surface area contributed by atoms with Gasteiger partial charge in [-0.05, 0) is 6.92 Å². The van der Waals surface area contributed by atoms with Crippen molar-refractivity contribution in [3.63, 3.8) is 0 Å². The minimum Gasteiger partial charge on any atom is -0.466 e. The Morgan fingerprint density at radius 1 is 1.22 bits per heavy atom. The number of rotatable bonds is 5. The molecule has 0 aromatic carbocycles. The van der Waals surface area contributed by atoms with Gasteiger partial charge in [-0.2, -0.15) is 0 Å². The molecule has 1 rings (SSSR count). The van der Waals surface area contributed by atoms with Gasteiger partial charge in [-0.3, -0.25) is 4.79 Å². The lowest BCUT2D eigenvalue weighted by atomic mass is 10.1. The molecule has 18 heavy (non-hydrogen) atoms. The Morgan fingerprint density at radius 3 is 2.22 bits per heavy atom. The highest BCUT2D eigenvalue weighted by Gasteiger charge is 2.28. The van der Waals surface area contributed by atoms with Crippen LogP contribution in [0.15, 0.2) is 0 Å². The summed E-state index contributed by atoms with van der Waals surface area (Å²) in [4.78, 5) is 14.0. The summed E-state index contributed by atoms with van der Waals surface area (Å²) in [6.07, 6.45) is 0. The van der Waals surface area contributed by atoms with Crippen LogP contribution in [0.3, 0.4) is 0 Å². The predicted octanol–water partition coefficient (Wildman–Crippen LogP) is 1.64. The number of carbonyl (C=O) groups excluding carboxylic acids is 1. The van der Waals surface area contributed by atoms with Crippen LogP contribution in [0.25, 0.3) is 0 Å². The molecule has 1 aliphatic heterocycles. The molecule has 0 N–H and O–H groups in total. The molecule has 1 unspecified atom stereocenters. The van der Waals surface area contributed by atoms with E-state index in [-0.39, 0.29) is 11.9 Å². The molecular weight excluding hydrogens is 244 g/mol. The highest BCUT2D eigenvalue weighted by molar-refractivity contribution is 6.73. The molecule has 0 amide bonds. The van der Waals surface area contributed by atoms with Crippen molar-refractivity contribution in [3.8, 4) is 0 Å². The van der Waals surface area contributed by atoms with Gasteiger partial charge in [-0.15, -0.1) is 0 Å². The lowest BCUT2D eigenvalue weighted by molar-refractivity contribution is -0.148. The van der Waals surface area contributed by atoms with Gasteiger partial charge in [0.2, 0.25) is 0 Å². The summed E-state index contributed by atoms with van der Waals surface area (Å²) in [7, 11) is -1.15. The van der Waals surface area contributed by atoms with Crippen LogP contribution in [-0.4, -0.2) is 63.0 Å². The number of hydrogen-bond donors (Lipinski definition) is 0. The van der Waals surface area contributed by atoms with Gasteiger partial charge in [0.15, 0.2) is 0 Å². The Labute approximate surface area is 112 Å². The molecule has 1 aliphatic rings. The van der Waals surface area contributed by atoms with E-state index in [1.54, 1.807) is 0 Å². The van der Waals surface area contributed by atoms with E-state index in [1.165, 1.54) is 0 Å². The Morgan fingerprint density at radius 2 is 1.78 bits per heavy atom. The van der Waals surface area contributed by atoms with E-state index >= 15 is 0 Å². The summed E-state index contributed by atoms with van der Waals surface area (Å²) in [5.41, 5.74) is 0. The van der Waals surface area contributed by atoms with Crippen molar-refractivity contribution in [1.82, 2.24) is 9.47 Å². The molecule has 1 heterocycles. The Balaban J connectivity index is 2.33. The third-order valence-corrected chi connectivity index (χ3v) is 5.89. The highest BCUT2D eigenvalue weighted by atomic mass is 28.3. The molecule has 4 nitrogen and oxygen atoms in total. The van der Waals surface area contributed by atoms with Crippen LogP contribution in [0, 0.1) is 5.92 Å². The monoisotopic (exact) mass is 272 g/mol. The lowest BCUT2D eigenvalue weighted by Crippen LogP contribution is -2.56. The predicted molar refractivity (Wildman–Crippen MR) is 77.2 cm³/mol. The van der Waals surface area contributed by atoms with Crippen molar-refractivity contribution in [3.05, 3.63) is 0 Å². The van der Waals surface area contributed by atoms with Crippen molar-refractivity contribution >= 4 is 14.2 Å². The van der Waals surface area contributed by atoms with E-state index in [0.29, 0.717) is 6.61 Å². The average Bonchev–Trinajstić information content (AvgIpc) is 2.28. The van der Waals surface area contributed by atoms with Gasteiger partial charge in [0, 0.05) is 32.7 Å². The van der Waals surface area contributed by atoms with Gasteiger partial charge in [0.05, 0.1) is 12.5 Å². The second kappa shape index (κ2) is 6.68. The van der Waals surface area contributed by atoms with Crippen LogP contribution in [-0.2, 0) is 9.53 Å². The normalized spacial score (nSPS) is 20.7. The summed E-state index contributed by atoms with van der Waals surface area (Å²) >= 11 is 0. The number of esters is 1. The molecule has 0 radical (unpaired) electrons. The summed E-state index contributed by atoms with van der Waals surface area (Å²) in [6.45, 7) is 16.8. The van der Waals surface area contributed by atoms with E-state index in [2.05, 4.69) is 29.1 Å². The Bertz CT molecular complexity index is 271. The molecule has 1 fully saturated rings. The van der Waals surface area contributed by atoms with Gasteiger partial charge in [-0.1, -0.05) is 26.6 Å². The van der Waals surface area contributed by atoms with Crippen molar-refractivity contribution in [2.24, 2.45) is 5.92 Å². The molecule has 0 aromatic rings. The third-order valence-electron chi connectivity index (χ3n) is 3.54. The minimum absolute atomic E-state index is 0.0108. The van der Waals surface area contributed by atoms with Crippen LogP contribution < -0.4 is 0 Å². The van der Waals surface area contributed by atoms with E-state index < -0.39 is 8.24 Å². The molecule has 5 heteroatoms. The first-order valence-electron chi connectivity index (χ1n) is 6.98. The number of ether oxygens (including phenoxy) is 1. The third kappa shape index (κ3) is 4.70. The van der Waals surface area contributed by atoms with Crippen molar-refractivity contribution < 1.29 is 9.53 Å². The average molecular weight is 272 g/mol. The highest BCUT2D eigenvalue weighted by Crippen LogP contribution is 2.14. The maximum absolute atomic E-state index is 11.6. The molecule has 0 aromatic heterocycles. The largest absolute Gasteiger partial charge is 0.466 e. The fourth-order valence-electron chi connectivity index (χ4n) is 2.35. The number of carbonyl (C=O) groups is 1. The van der Waals surface area contributed by atoms with E-state index in [0.717, 1.165) is 32.7 Å². The van der Waals surface area contributed by atoms with Crippen molar-refractivity contribution in [1.29, 1.82) is 0 Å². The maximum atomic E-state index is 11.6. The molecule has 0 saturated carbocycles. The first-order chi connectivity index (χ1) is 8.34. The van der Waals surface area contributed by atoms with E-state index in [4.69, 9.17) is 4.74 Å². The van der Waals surface area contributed by atoms with Gasteiger partial charge in [0.25, 0.3) is 0 Å². The fraction of sp³-hybridized carbons (Fsp3) is 0.923. The molecule has 0 spiro atoms. The summed E-state index contributed by atoms with van der Waals surface area (Å²) in [5.74, 6) is -0.0755. The topological polar surface area (TPSA) is 32.8 Å². The van der Waals surface area contributed by atoms with Crippen LogP contribution >= 0.6 is 0 Å². The Hall–Kier alpha value is -0.393. The van der Waals surface area contributed by atoms with Crippen molar-refractivity contribution in [2.45, 2.75) is 33.5 Å². The molecule has 0 bridgehead atoms. The van der Waals surface area contributed by atoms with Gasteiger partial charge < -0.3 is 14.2 Å².